The van der Waals surface area contributed by atoms with Gasteiger partial charge in [0.1, 0.15) is 11.5 Å². The molecule has 32 heavy (non-hydrogen) atoms. The van der Waals surface area contributed by atoms with Gasteiger partial charge in [-0.3, -0.25) is 9.69 Å². The summed E-state index contributed by atoms with van der Waals surface area (Å²) >= 11 is 0. The van der Waals surface area contributed by atoms with Crippen LogP contribution in [0.15, 0.2) is 72.8 Å². The lowest BCUT2D eigenvalue weighted by atomic mass is 10.1. The normalized spacial score (nSPS) is 15.6. The van der Waals surface area contributed by atoms with Crippen LogP contribution in [0.2, 0.25) is 0 Å². The number of hydrogen-bond acceptors (Lipinski definition) is 5. The third-order valence-electron chi connectivity index (χ3n) is 5.81. The van der Waals surface area contributed by atoms with Gasteiger partial charge in [-0.25, -0.2) is 0 Å². The Kier molecular flexibility index (Phi) is 5.94. The van der Waals surface area contributed by atoms with E-state index < -0.39 is 0 Å². The summed E-state index contributed by atoms with van der Waals surface area (Å²) in [5.41, 5.74) is 2.26. The Morgan fingerprint density at radius 3 is 2.38 bits per heavy atom. The number of piperazine rings is 1. The van der Waals surface area contributed by atoms with Crippen molar-refractivity contribution in [1.82, 2.24) is 9.80 Å². The average Bonchev–Trinajstić information content (AvgIpc) is 3.28. The molecule has 2 aliphatic heterocycles. The van der Waals surface area contributed by atoms with Gasteiger partial charge in [-0.2, -0.15) is 0 Å². The van der Waals surface area contributed by atoms with Crippen molar-refractivity contribution in [2.24, 2.45) is 0 Å². The summed E-state index contributed by atoms with van der Waals surface area (Å²) in [4.78, 5) is 17.0. The van der Waals surface area contributed by atoms with E-state index in [4.69, 9.17) is 14.2 Å². The SMILES string of the molecule is O=C(Cc1ccccc1)N1CCN(Cc2cccc(Oc3ccc4c(c3)OCO4)c2)CC1. The molecule has 3 aromatic rings. The minimum atomic E-state index is 0.204. The zero-order valence-corrected chi connectivity index (χ0v) is 17.9. The number of hydrogen-bond donors (Lipinski definition) is 0. The first-order valence-electron chi connectivity index (χ1n) is 10.9. The molecule has 6 nitrogen and oxygen atoms in total. The topological polar surface area (TPSA) is 51.2 Å². The number of carbonyl (C=O) groups is 1. The van der Waals surface area contributed by atoms with Crippen molar-refractivity contribution >= 4 is 5.91 Å². The fourth-order valence-corrected chi connectivity index (χ4v) is 4.08. The molecule has 0 radical (unpaired) electrons. The molecular weight excluding hydrogens is 404 g/mol. The highest BCUT2D eigenvalue weighted by Crippen LogP contribution is 2.36. The lowest BCUT2D eigenvalue weighted by Crippen LogP contribution is -2.48. The van der Waals surface area contributed by atoms with E-state index in [-0.39, 0.29) is 12.7 Å². The van der Waals surface area contributed by atoms with Gasteiger partial charge in [-0.15, -0.1) is 0 Å². The first-order valence-corrected chi connectivity index (χ1v) is 10.9. The first kappa shape index (κ1) is 20.4. The maximum Gasteiger partial charge on any atom is 0.231 e. The molecule has 5 rings (SSSR count). The van der Waals surface area contributed by atoms with Crippen LogP contribution >= 0.6 is 0 Å². The molecule has 2 heterocycles. The summed E-state index contributed by atoms with van der Waals surface area (Å²) in [5, 5.41) is 0. The highest BCUT2D eigenvalue weighted by Gasteiger charge is 2.21. The summed E-state index contributed by atoms with van der Waals surface area (Å²) in [7, 11) is 0. The van der Waals surface area contributed by atoms with Crippen LogP contribution in [-0.4, -0.2) is 48.7 Å². The number of ether oxygens (including phenoxy) is 3. The summed E-state index contributed by atoms with van der Waals surface area (Å²) in [6.07, 6.45) is 0.472. The molecular formula is C26H26N2O4. The van der Waals surface area contributed by atoms with Crippen molar-refractivity contribution < 1.29 is 19.0 Å². The second-order valence-corrected chi connectivity index (χ2v) is 8.08. The van der Waals surface area contributed by atoms with Gasteiger partial charge in [0, 0.05) is 38.8 Å². The largest absolute Gasteiger partial charge is 0.457 e. The fraction of sp³-hybridized carbons (Fsp3) is 0.269. The molecule has 0 unspecified atom stereocenters. The molecule has 0 aliphatic carbocycles. The molecule has 1 saturated heterocycles. The Labute approximate surface area is 187 Å². The van der Waals surface area contributed by atoms with E-state index >= 15 is 0 Å². The van der Waals surface area contributed by atoms with Gasteiger partial charge < -0.3 is 19.1 Å². The Bertz CT molecular complexity index is 1080. The van der Waals surface area contributed by atoms with Gasteiger partial charge in [-0.1, -0.05) is 42.5 Å². The van der Waals surface area contributed by atoms with Crippen LogP contribution in [0.25, 0.3) is 0 Å². The van der Waals surface area contributed by atoms with Crippen LogP contribution in [0.4, 0.5) is 0 Å². The second-order valence-electron chi connectivity index (χ2n) is 8.08. The number of rotatable bonds is 6. The predicted octanol–water partition coefficient (Wildman–Crippen LogP) is 4.09. The number of fused-ring (bicyclic) bond motifs is 1. The summed E-state index contributed by atoms with van der Waals surface area (Å²) < 4.78 is 16.8. The third kappa shape index (κ3) is 4.86. The van der Waals surface area contributed by atoms with E-state index in [1.54, 1.807) is 0 Å². The highest BCUT2D eigenvalue weighted by atomic mass is 16.7. The molecule has 0 saturated carbocycles. The zero-order chi connectivity index (χ0) is 21.8. The second kappa shape index (κ2) is 9.32. The van der Waals surface area contributed by atoms with Gasteiger partial charge in [0.25, 0.3) is 0 Å². The van der Waals surface area contributed by atoms with Gasteiger partial charge in [0.2, 0.25) is 12.7 Å². The molecule has 1 fully saturated rings. The van der Waals surface area contributed by atoms with E-state index in [0.717, 1.165) is 55.5 Å². The van der Waals surface area contributed by atoms with Crippen LogP contribution < -0.4 is 14.2 Å². The van der Waals surface area contributed by atoms with Crippen molar-refractivity contribution in [1.29, 1.82) is 0 Å². The van der Waals surface area contributed by atoms with Gasteiger partial charge >= 0.3 is 0 Å². The fourth-order valence-electron chi connectivity index (χ4n) is 4.08. The number of carbonyl (C=O) groups excluding carboxylic acids is 1. The molecule has 164 valence electrons. The summed E-state index contributed by atoms with van der Waals surface area (Å²) in [6.45, 7) is 4.35. The van der Waals surface area contributed by atoms with Crippen LogP contribution in [0.3, 0.4) is 0 Å². The van der Waals surface area contributed by atoms with Gasteiger partial charge in [-0.05, 0) is 35.4 Å². The first-order chi connectivity index (χ1) is 15.7. The number of benzene rings is 3. The van der Waals surface area contributed by atoms with Gasteiger partial charge in [0.05, 0.1) is 6.42 Å². The molecule has 3 aromatic carbocycles. The Hall–Kier alpha value is -3.51. The van der Waals surface area contributed by atoms with E-state index in [2.05, 4.69) is 17.0 Å². The standard InChI is InChI=1S/C26H26N2O4/c29-26(16-20-5-2-1-3-6-20)28-13-11-27(12-14-28)18-21-7-4-8-22(15-21)32-23-9-10-24-25(17-23)31-19-30-24/h1-10,15,17H,11-14,16,18-19H2. The van der Waals surface area contributed by atoms with Crippen molar-refractivity contribution in [2.45, 2.75) is 13.0 Å². The highest BCUT2D eigenvalue weighted by molar-refractivity contribution is 5.78. The molecule has 0 bridgehead atoms. The minimum absolute atomic E-state index is 0.204. The van der Waals surface area contributed by atoms with E-state index in [1.165, 1.54) is 5.56 Å². The van der Waals surface area contributed by atoms with Crippen molar-refractivity contribution in [3.63, 3.8) is 0 Å². The van der Waals surface area contributed by atoms with E-state index in [9.17, 15) is 4.79 Å². The van der Waals surface area contributed by atoms with Gasteiger partial charge in [0.15, 0.2) is 11.5 Å². The predicted molar refractivity (Wildman–Crippen MR) is 121 cm³/mol. The maximum atomic E-state index is 12.6. The molecule has 2 aliphatic rings. The smallest absolute Gasteiger partial charge is 0.231 e. The van der Waals surface area contributed by atoms with Crippen molar-refractivity contribution in [3.8, 4) is 23.0 Å². The van der Waals surface area contributed by atoms with Crippen molar-refractivity contribution in [2.75, 3.05) is 33.0 Å². The quantitative estimate of drug-likeness (QED) is 0.590. The van der Waals surface area contributed by atoms with Crippen LogP contribution in [0, 0.1) is 0 Å². The number of nitrogens with zero attached hydrogens (tertiary/aromatic N) is 2. The Balaban J connectivity index is 1.14. The summed E-state index contributed by atoms with van der Waals surface area (Å²) in [6, 6.07) is 23.7. The van der Waals surface area contributed by atoms with Crippen LogP contribution in [0.1, 0.15) is 11.1 Å². The molecule has 0 spiro atoms. The molecule has 0 N–H and O–H groups in total. The molecule has 6 heteroatoms. The monoisotopic (exact) mass is 430 g/mol. The van der Waals surface area contributed by atoms with E-state index in [0.29, 0.717) is 12.2 Å². The molecule has 0 aromatic heterocycles. The summed E-state index contributed by atoms with van der Waals surface area (Å²) in [5.74, 6) is 3.16. The minimum Gasteiger partial charge on any atom is -0.457 e. The van der Waals surface area contributed by atoms with Crippen molar-refractivity contribution in [3.05, 3.63) is 83.9 Å². The maximum absolute atomic E-state index is 12.6. The molecule has 0 atom stereocenters. The van der Waals surface area contributed by atoms with Crippen LogP contribution in [-0.2, 0) is 17.8 Å². The zero-order valence-electron chi connectivity index (χ0n) is 17.9. The van der Waals surface area contributed by atoms with E-state index in [1.807, 2.05) is 65.6 Å². The lowest BCUT2D eigenvalue weighted by Gasteiger charge is -2.35. The third-order valence-corrected chi connectivity index (χ3v) is 5.81. The lowest BCUT2D eigenvalue weighted by molar-refractivity contribution is -0.132. The average molecular weight is 431 g/mol. The molecule has 1 amide bonds. The Morgan fingerprint density at radius 1 is 0.781 bits per heavy atom. The Morgan fingerprint density at radius 2 is 1.53 bits per heavy atom. The van der Waals surface area contributed by atoms with Crippen LogP contribution in [0.5, 0.6) is 23.0 Å². The number of amides is 1.